The van der Waals surface area contributed by atoms with Gasteiger partial charge in [0.05, 0.1) is 12.3 Å². The van der Waals surface area contributed by atoms with E-state index in [2.05, 4.69) is 49.7 Å². The van der Waals surface area contributed by atoms with Crippen LogP contribution in [0, 0.1) is 0 Å². The second kappa shape index (κ2) is 7.61. The van der Waals surface area contributed by atoms with Crippen molar-refractivity contribution in [1.82, 2.24) is 15.2 Å². The molecule has 6 heteroatoms. The van der Waals surface area contributed by atoms with Gasteiger partial charge < -0.3 is 15.0 Å². The monoisotopic (exact) mass is 361 g/mol. The van der Waals surface area contributed by atoms with Crippen LogP contribution < -0.4 is 15.0 Å². The van der Waals surface area contributed by atoms with Crippen LogP contribution in [0.15, 0.2) is 54.7 Å². The second-order valence-corrected chi connectivity index (χ2v) is 6.89. The Morgan fingerprint density at radius 2 is 1.81 bits per heavy atom. The van der Waals surface area contributed by atoms with Gasteiger partial charge in [-0.05, 0) is 55.7 Å². The highest BCUT2D eigenvalue weighted by Crippen LogP contribution is 2.24. The van der Waals surface area contributed by atoms with Crippen molar-refractivity contribution in [3.8, 4) is 5.75 Å². The van der Waals surface area contributed by atoms with E-state index >= 15 is 0 Å². The SMILES string of the molecule is CC(C)Oc1ccc(Nc2nncc(N3CCc4ccccc4C3)n2)cc1. The highest BCUT2D eigenvalue weighted by molar-refractivity contribution is 5.56. The molecule has 0 fully saturated rings. The molecule has 4 rings (SSSR count). The number of aromatic nitrogens is 3. The molecule has 6 nitrogen and oxygen atoms in total. The van der Waals surface area contributed by atoms with E-state index in [0.717, 1.165) is 36.8 Å². The van der Waals surface area contributed by atoms with E-state index in [1.807, 2.05) is 38.1 Å². The lowest BCUT2D eigenvalue weighted by molar-refractivity contribution is 0.242. The fourth-order valence-electron chi connectivity index (χ4n) is 3.21. The van der Waals surface area contributed by atoms with Crippen LogP contribution in [0.3, 0.4) is 0 Å². The van der Waals surface area contributed by atoms with Crippen LogP contribution >= 0.6 is 0 Å². The van der Waals surface area contributed by atoms with Gasteiger partial charge in [-0.2, -0.15) is 10.1 Å². The van der Waals surface area contributed by atoms with Gasteiger partial charge in [0.15, 0.2) is 5.82 Å². The smallest absolute Gasteiger partial charge is 0.249 e. The molecular formula is C21H23N5O. The van der Waals surface area contributed by atoms with Crippen LogP contribution in [0.1, 0.15) is 25.0 Å². The maximum Gasteiger partial charge on any atom is 0.249 e. The highest BCUT2D eigenvalue weighted by atomic mass is 16.5. The molecule has 0 amide bonds. The van der Waals surface area contributed by atoms with Crippen LogP contribution in [-0.4, -0.2) is 27.8 Å². The van der Waals surface area contributed by atoms with Crippen LogP contribution in [-0.2, 0) is 13.0 Å². The molecule has 2 aromatic carbocycles. The normalized spacial score (nSPS) is 13.4. The molecule has 0 spiro atoms. The van der Waals surface area contributed by atoms with E-state index in [9.17, 15) is 0 Å². The molecule has 0 radical (unpaired) electrons. The third kappa shape index (κ3) is 4.16. The number of nitrogens with zero attached hydrogens (tertiary/aromatic N) is 4. The standard InChI is InChI=1S/C21H23N5O/c1-15(2)27-19-9-7-18(8-10-19)23-21-24-20(13-22-25-21)26-12-11-16-5-3-4-6-17(16)14-26/h3-10,13,15H,11-12,14H2,1-2H3,(H,23,24,25). The fraction of sp³-hybridized carbons (Fsp3) is 0.286. The molecule has 2 heterocycles. The van der Waals surface area contributed by atoms with Gasteiger partial charge in [0.1, 0.15) is 5.75 Å². The summed E-state index contributed by atoms with van der Waals surface area (Å²) in [6.07, 6.45) is 2.89. The average Bonchev–Trinajstić information content (AvgIpc) is 2.69. The van der Waals surface area contributed by atoms with Crippen LogP contribution in [0.4, 0.5) is 17.5 Å². The molecule has 0 aliphatic carbocycles. The number of fused-ring (bicyclic) bond motifs is 1. The first kappa shape index (κ1) is 17.3. The maximum atomic E-state index is 5.67. The zero-order valence-corrected chi connectivity index (χ0v) is 15.6. The summed E-state index contributed by atoms with van der Waals surface area (Å²) in [5, 5.41) is 11.5. The minimum atomic E-state index is 0.155. The molecule has 0 bridgehead atoms. The zero-order chi connectivity index (χ0) is 18.6. The molecular weight excluding hydrogens is 338 g/mol. The quantitative estimate of drug-likeness (QED) is 0.742. The predicted octanol–water partition coefficient (Wildman–Crippen LogP) is 3.97. The Balaban J connectivity index is 1.47. The van der Waals surface area contributed by atoms with Crippen molar-refractivity contribution in [3.05, 3.63) is 65.9 Å². The first-order chi connectivity index (χ1) is 13.2. The van der Waals surface area contributed by atoms with Gasteiger partial charge in [-0.15, -0.1) is 5.10 Å². The third-order valence-corrected chi connectivity index (χ3v) is 4.48. The minimum Gasteiger partial charge on any atom is -0.491 e. The Morgan fingerprint density at radius 1 is 1.04 bits per heavy atom. The van der Waals surface area contributed by atoms with Crippen LogP contribution in [0.2, 0.25) is 0 Å². The number of rotatable bonds is 5. The Kier molecular flexibility index (Phi) is 4.87. The van der Waals surface area contributed by atoms with Crippen molar-refractivity contribution in [2.75, 3.05) is 16.8 Å². The molecule has 0 unspecified atom stereocenters. The van der Waals surface area contributed by atoms with Gasteiger partial charge in [0.25, 0.3) is 0 Å². The van der Waals surface area contributed by atoms with Gasteiger partial charge in [-0.3, -0.25) is 0 Å². The van der Waals surface area contributed by atoms with Gasteiger partial charge in [-0.1, -0.05) is 24.3 Å². The summed E-state index contributed by atoms with van der Waals surface area (Å²) in [6, 6.07) is 16.3. The van der Waals surface area contributed by atoms with Crippen molar-refractivity contribution < 1.29 is 4.74 Å². The average molecular weight is 361 g/mol. The van der Waals surface area contributed by atoms with Crippen molar-refractivity contribution in [1.29, 1.82) is 0 Å². The Bertz CT molecular complexity index is 910. The summed E-state index contributed by atoms with van der Waals surface area (Å²) in [4.78, 5) is 6.88. The molecule has 27 heavy (non-hydrogen) atoms. The number of nitrogens with one attached hydrogen (secondary N) is 1. The largest absolute Gasteiger partial charge is 0.491 e. The van der Waals surface area contributed by atoms with Crippen molar-refractivity contribution >= 4 is 17.5 Å². The number of hydrogen-bond acceptors (Lipinski definition) is 6. The van der Waals surface area contributed by atoms with E-state index in [-0.39, 0.29) is 6.10 Å². The van der Waals surface area contributed by atoms with E-state index in [4.69, 9.17) is 4.74 Å². The van der Waals surface area contributed by atoms with E-state index in [1.54, 1.807) is 6.20 Å². The van der Waals surface area contributed by atoms with Crippen molar-refractivity contribution in [3.63, 3.8) is 0 Å². The topological polar surface area (TPSA) is 63.2 Å². The first-order valence-corrected chi connectivity index (χ1v) is 9.22. The Labute approximate surface area is 159 Å². The van der Waals surface area contributed by atoms with Crippen LogP contribution in [0.5, 0.6) is 5.75 Å². The summed E-state index contributed by atoms with van der Waals surface area (Å²) < 4.78 is 5.67. The molecule has 3 aromatic rings. The summed E-state index contributed by atoms with van der Waals surface area (Å²) >= 11 is 0. The summed E-state index contributed by atoms with van der Waals surface area (Å²) in [6.45, 7) is 5.79. The Morgan fingerprint density at radius 3 is 2.59 bits per heavy atom. The Hall–Kier alpha value is -3.15. The molecule has 1 N–H and O–H groups in total. The lowest BCUT2D eigenvalue weighted by Crippen LogP contribution is -2.31. The van der Waals surface area contributed by atoms with Gasteiger partial charge >= 0.3 is 0 Å². The molecule has 0 atom stereocenters. The van der Waals surface area contributed by atoms with E-state index < -0.39 is 0 Å². The molecule has 1 aliphatic rings. The molecule has 138 valence electrons. The van der Waals surface area contributed by atoms with Gasteiger partial charge in [0.2, 0.25) is 5.95 Å². The molecule has 0 saturated carbocycles. The number of anilines is 3. The van der Waals surface area contributed by atoms with E-state index in [0.29, 0.717) is 5.95 Å². The minimum absolute atomic E-state index is 0.155. The molecule has 1 aliphatic heterocycles. The van der Waals surface area contributed by atoms with E-state index in [1.165, 1.54) is 11.1 Å². The third-order valence-electron chi connectivity index (χ3n) is 4.48. The predicted molar refractivity (Wildman–Crippen MR) is 107 cm³/mol. The van der Waals surface area contributed by atoms with Crippen molar-refractivity contribution in [2.24, 2.45) is 0 Å². The fourth-order valence-corrected chi connectivity index (χ4v) is 3.21. The molecule has 0 saturated heterocycles. The summed E-state index contributed by atoms with van der Waals surface area (Å²) in [7, 11) is 0. The zero-order valence-electron chi connectivity index (χ0n) is 15.6. The number of hydrogen-bond donors (Lipinski definition) is 1. The second-order valence-electron chi connectivity index (χ2n) is 6.89. The number of benzene rings is 2. The van der Waals surface area contributed by atoms with Crippen molar-refractivity contribution in [2.45, 2.75) is 32.9 Å². The van der Waals surface area contributed by atoms with Gasteiger partial charge in [-0.25, -0.2) is 0 Å². The van der Waals surface area contributed by atoms with Crippen LogP contribution in [0.25, 0.3) is 0 Å². The summed E-state index contributed by atoms with van der Waals surface area (Å²) in [5.41, 5.74) is 3.66. The first-order valence-electron chi connectivity index (χ1n) is 9.22. The highest BCUT2D eigenvalue weighted by Gasteiger charge is 2.17. The lowest BCUT2D eigenvalue weighted by Gasteiger charge is -2.29. The van der Waals surface area contributed by atoms with Gasteiger partial charge in [0, 0.05) is 18.8 Å². The molecule has 1 aromatic heterocycles. The lowest BCUT2D eigenvalue weighted by atomic mass is 10.0. The number of ether oxygens (including phenoxy) is 1. The maximum absolute atomic E-state index is 5.67. The summed E-state index contributed by atoms with van der Waals surface area (Å²) in [5.74, 6) is 2.17.